The molecule has 0 unspecified atom stereocenters. The molecule has 0 bridgehead atoms. The highest BCUT2D eigenvalue weighted by Crippen LogP contribution is 2.30. The lowest BCUT2D eigenvalue weighted by Gasteiger charge is -2.26. The molecule has 3 atom stereocenters. The Hall–Kier alpha value is -4.58. The molecule has 1 heterocycles. The van der Waals surface area contributed by atoms with Crippen LogP contribution in [-0.2, 0) is 33.7 Å². The van der Waals surface area contributed by atoms with Gasteiger partial charge in [0.05, 0.1) is 12.0 Å². The smallest absolute Gasteiger partial charge is 0.408 e. The monoisotopic (exact) mass is 577 g/mol. The molecule has 1 aliphatic rings. The molecule has 4 aromatic rings. The lowest BCUT2D eigenvalue weighted by Crippen LogP contribution is -2.46. The molecular weight excluding hydrogens is 538 g/mol. The molecule has 0 aromatic heterocycles. The van der Waals surface area contributed by atoms with Gasteiger partial charge >= 0.3 is 12.1 Å². The summed E-state index contributed by atoms with van der Waals surface area (Å²) >= 11 is 0. The van der Waals surface area contributed by atoms with Gasteiger partial charge in [0.2, 0.25) is 0 Å². The molecule has 1 N–H and O–H groups in total. The van der Waals surface area contributed by atoms with Crippen molar-refractivity contribution in [2.45, 2.75) is 64.4 Å². The van der Waals surface area contributed by atoms with Crippen molar-refractivity contribution in [2.24, 2.45) is 5.92 Å². The number of carbonyl (C=O) groups is 2. The van der Waals surface area contributed by atoms with Gasteiger partial charge in [0, 0.05) is 6.42 Å². The van der Waals surface area contributed by atoms with Crippen LogP contribution in [0.15, 0.2) is 109 Å². The van der Waals surface area contributed by atoms with Gasteiger partial charge in [0.25, 0.3) is 0 Å². The van der Waals surface area contributed by atoms with Crippen molar-refractivity contribution in [1.82, 2.24) is 5.32 Å². The van der Waals surface area contributed by atoms with Crippen molar-refractivity contribution in [3.8, 4) is 16.9 Å². The summed E-state index contributed by atoms with van der Waals surface area (Å²) in [6, 6.07) is 35.9. The summed E-state index contributed by atoms with van der Waals surface area (Å²) in [7, 11) is 0. The molecule has 6 heteroatoms. The number of carbonyl (C=O) groups excluding carboxylic acids is 2. The van der Waals surface area contributed by atoms with Gasteiger partial charge in [-0.05, 0) is 73.6 Å². The third-order valence-corrected chi connectivity index (χ3v) is 7.44. The SMILES string of the molecule is CC(C)(C)OC(=O)N[C@@H](Cc1ccc(OCc2ccccc2)cc1)[C@@H]1C[C@@H](Cc2ccc(-c3ccccc3)cc2)C(=O)O1. The van der Waals surface area contributed by atoms with Gasteiger partial charge in [0.15, 0.2) is 0 Å². The maximum absolute atomic E-state index is 13.0. The fraction of sp³-hybridized carbons (Fsp3) is 0.297. The van der Waals surface area contributed by atoms with Gasteiger partial charge in [-0.3, -0.25) is 4.79 Å². The van der Waals surface area contributed by atoms with Crippen LogP contribution in [-0.4, -0.2) is 29.8 Å². The summed E-state index contributed by atoms with van der Waals surface area (Å²) < 4.78 is 17.4. The second kappa shape index (κ2) is 13.6. The molecule has 1 fully saturated rings. The fourth-order valence-corrected chi connectivity index (χ4v) is 5.28. The molecule has 0 aliphatic carbocycles. The maximum atomic E-state index is 13.0. The minimum absolute atomic E-state index is 0.238. The van der Waals surface area contributed by atoms with Crippen LogP contribution in [0.1, 0.15) is 43.9 Å². The van der Waals surface area contributed by atoms with E-state index in [2.05, 4.69) is 41.7 Å². The third kappa shape index (κ3) is 8.71. The normalized spacial score (nSPS) is 17.1. The summed E-state index contributed by atoms with van der Waals surface area (Å²) in [6.45, 7) is 5.96. The highest BCUT2D eigenvalue weighted by atomic mass is 16.6. The van der Waals surface area contributed by atoms with E-state index in [9.17, 15) is 9.59 Å². The molecule has 1 saturated heterocycles. The average molecular weight is 578 g/mol. The molecular formula is C37H39NO5. The first-order chi connectivity index (χ1) is 20.7. The number of amides is 1. The Labute approximate surface area is 254 Å². The Kier molecular flexibility index (Phi) is 9.45. The zero-order chi connectivity index (χ0) is 30.2. The van der Waals surface area contributed by atoms with E-state index >= 15 is 0 Å². The van der Waals surface area contributed by atoms with Crippen LogP contribution >= 0.6 is 0 Å². The fourth-order valence-electron chi connectivity index (χ4n) is 5.28. The number of hydrogen-bond donors (Lipinski definition) is 1. The lowest BCUT2D eigenvalue weighted by atomic mass is 9.91. The Morgan fingerprint density at radius 2 is 1.42 bits per heavy atom. The summed E-state index contributed by atoms with van der Waals surface area (Å²) in [5.74, 6) is 0.233. The molecule has 43 heavy (non-hydrogen) atoms. The molecule has 6 nitrogen and oxygen atoms in total. The van der Waals surface area contributed by atoms with Crippen LogP contribution < -0.4 is 10.1 Å². The van der Waals surface area contributed by atoms with Crippen LogP contribution in [0.3, 0.4) is 0 Å². The van der Waals surface area contributed by atoms with Crippen LogP contribution in [0.4, 0.5) is 4.79 Å². The zero-order valence-electron chi connectivity index (χ0n) is 25.0. The van der Waals surface area contributed by atoms with Crippen molar-refractivity contribution in [1.29, 1.82) is 0 Å². The number of ether oxygens (including phenoxy) is 3. The number of rotatable bonds is 10. The number of alkyl carbamates (subject to hydrolysis) is 1. The molecule has 0 radical (unpaired) electrons. The first-order valence-electron chi connectivity index (χ1n) is 14.8. The number of nitrogens with one attached hydrogen (secondary N) is 1. The molecule has 1 aliphatic heterocycles. The van der Waals surface area contributed by atoms with Crippen molar-refractivity contribution in [3.63, 3.8) is 0 Å². The molecule has 222 valence electrons. The molecule has 0 spiro atoms. The van der Waals surface area contributed by atoms with Crippen LogP contribution in [0.25, 0.3) is 11.1 Å². The van der Waals surface area contributed by atoms with Gasteiger partial charge in [0.1, 0.15) is 24.1 Å². The summed E-state index contributed by atoms with van der Waals surface area (Å²) in [4.78, 5) is 25.8. The molecule has 5 rings (SSSR count). The highest BCUT2D eigenvalue weighted by Gasteiger charge is 2.40. The van der Waals surface area contributed by atoms with Gasteiger partial charge < -0.3 is 19.5 Å². The second-order valence-electron chi connectivity index (χ2n) is 12.1. The van der Waals surface area contributed by atoms with Crippen molar-refractivity contribution >= 4 is 12.1 Å². The summed E-state index contributed by atoms with van der Waals surface area (Å²) in [5, 5.41) is 2.99. The lowest BCUT2D eigenvalue weighted by molar-refractivity contribution is -0.145. The largest absolute Gasteiger partial charge is 0.489 e. The van der Waals surface area contributed by atoms with E-state index in [1.165, 1.54) is 0 Å². The summed E-state index contributed by atoms with van der Waals surface area (Å²) in [6.07, 6.45) is 0.572. The summed E-state index contributed by atoms with van der Waals surface area (Å²) in [5.41, 5.74) is 4.80. The predicted molar refractivity (Wildman–Crippen MR) is 168 cm³/mol. The van der Waals surface area contributed by atoms with Gasteiger partial charge in [-0.25, -0.2) is 4.79 Å². The number of benzene rings is 4. The molecule has 1 amide bonds. The van der Waals surface area contributed by atoms with E-state index in [0.717, 1.165) is 33.6 Å². The van der Waals surface area contributed by atoms with Gasteiger partial charge in [-0.15, -0.1) is 0 Å². The number of cyclic esters (lactones) is 1. The predicted octanol–water partition coefficient (Wildman–Crippen LogP) is 7.54. The quantitative estimate of drug-likeness (QED) is 0.197. The van der Waals surface area contributed by atoms with E-state index in [4.69, 9.17) is 14.2 Å². The minimum atomic E-state index is -0.646. The topological polar surface area (TPSA) is 73.9 Å². The number of esters is 1. The minimum Gasteiger partial charge on any atom is -0.489 e. The van der Waals surface area contributed by atoms with Crippen LogP contribution in [0.5, 0.6) is 5.75 Å². The van der Waals surface area contributed by atoms with Crippen LogP contribution in [0, 0.1) is 5.92 Å². The first-order valence-corrected chi connectivity index (χ1v) is 14.8. The van der Waals surface area contributed by atoms with E-state index in [0.29, 0.717) is 25.9 Å². The van der Waals surface area contributed by atoms with Crippen LogP contribution in [0.2, 0.25) is 0 Å². The Bertz CT molecular complexity index is 1480. The standard InChI is InChI=1S/C37H39NO5/c1-37(2,3)43-36(40)38-33(23-27-16-20-32(21-17-27)41-25-28-10-6-4-7-11-28)34-24-31(35(39)42-34)22-26-14-18-30(19-15-26)29-12-8-5-9-13-29/h4-21,31,33-34H,22-25H2,1-3H3,(H,38,40)/t31-,33+,34+/m1/s1. The van der Waals surface area contributed by atoms with Crippen molar-refractivity contribution < 1.29 is 23.8 Å². The zero-order valence-corrected chi connectivity index (χ0v) is 25.0. The third-order valence-electron chi connectivity index (χ3n) is 7.44. The molecule has 4 aromatic carbocycles. The van der Waals surface area contributed by atoms with E-state index in [-0.39, 0.29) is 11.9 Å². The Morgan fingerprint density at radius 1 is 0.814 bits per heavy atom. The number of hydrogen-bond acceptors (Lipinski definition) is 5. The van der Waals surface area contributed by atoms with E-state index in [1.807, 2.05) is 93.6 Å². The molecule has 0 saturated carbocycles. The second-order valence-corrected chi connectivity index (χ2v) is 12.1. The van der Waals surface area contributed by atoms with Gasteiger partial charge in [-0.1, -0.05) is 97.1 Å². The highest BCUT2D eigenvalue weighted by molar-refractivity contribution is 5.75. The maximum Gasteiger partial charge on any atom is 0.408 e. The van der Waals surface area contributed by atoms with E-state index in [1.54, 1.807) is 0 Å². The van der Waals surface area contributed by atoms with Crippen molar-refractivity contribution in [2.75, 3.05) is 0 Å². The van der Waals surface area contributed by atoms with Gasteiger partial charge in [-0.2, -0.15) is 0 Å². The van der Waals surface area contributed by atoms with E-state index < -0.39 is 23.8 Å². The first kappa shape index (κ1) is 29.9. The Balaban J connectivity index is 1.24. The Morgan fingerprint density at radius 3 is 2.07 bits per heavy atom. The van der Waals surface area contributed by atoms with Crippen molar-refractivity contribution in [3.05, 3.63) is 126 Å². The average Bonchev–Trinajstić information content (AvgIpc) is 3.36.